The third-order valence-electron chi connectivity index (χ3n) is 3.29. The number of nitrogens with zero attached hydrogens (tertiary/aromatic N) is 1. The van der Waals surface area contributed by atoms with Crippen LogP contribution in [0, 0.1) is 11.6 Å². The topological polar surface area (TPSA) is 50.2 Å². The molecule has 1 heterocycles. The lowest BCUT2D eigenvalue weighted by atomic mass is 10.1. The Morgan fingerprint density at radius 2 is 1.79 bits per heavy atom. The lowest BCUT2D eigenvalue weighted by Crippen LogP contribution is -1.99. The fourth-order valence-corrected chi connectivity index (χ4v) is 3.39. The molecule has 0 atom stereocenters. The predicted molar refractivity (Wildman–Crippen MR) is 89.3 cm³/mol. The first-order valence-electron chi connectivity index (χ1n) is 6.87. The Hall–Kier alpha value is -2.31. The Morgan fingerprint density at radius 1 is 1.12 bits per heavy atom. The molecule has 0 saturated carbocycles. The van der Waals surface area contributed by atoms with E-state index >= 15 is 0 Å². The number of aliphatic carboxylic acids is 1. The second-order valence-corrected chi connectivity index (χ2v) is 6.49. The van der Waals surface area contributed by atoms with Crippen LogP contribution in [0.25, 0.3) is 21.8 Å². The number of carboxylic acid groups (broad SMARTS) is 1. The van der Waals surface area contributed by atoms with Crippen LogP contribution in [0.5, 0.6) is 0 Å². The summed E-state index contributed by atoms with van der Waals surface area (Å²) in [5, 5.41) is 9.61. The second-order valence-electron chi connectivity index (χ2n) is 5.00. The predicted octanol–water partition coefficient (Wildman–Crippen LogP) is 5.04. The van der Waals surface area contributed by atoms with Crippen LogP contribution in [0.3, 0.4) is 0 Å². The van der Waals surface area contributed by atoms with E-state index in [0.717, 1.165) is 0 Å². The summed E-state index contributed by atoms with van der Waals surface area (Å²) >= 11 is 6.87. The standard InChI is InChI=1S/C17H10ClF2NO2S/c18-12-6-3-10(7-13(12)20)16-14(8-15(22)23)24-17(21-16)9-1-4-11(19)5-2-9/h1-7H,8H2,(H,22,23). The highest BCUT2D eigenvalue weighted by Gasteiger charge is 2.18. The Labute approximate surface area is 145 Å². The summed E-state index contributed by atoms with van der Waals surface area (Å²) in [7, 11) is 0. The first-order valence-corrected chi connectivity index (χ1v) is 8.06. The van der Waals surface area contributed by atoms with Crippen molar-refractivity contribution in [2.75, 3.05) is 0 Å². The number of carboxylic acids is 1. The molecule has 24 heavy (non-hydrogen) atoms. The van der Waals surface area contributed by atoms with Gasteiger partial charge in [0.15, 0.2) is 0 Å². The Bertz CT molecular complexity index is 909. The highest BCUT2D eigenvalue weighted by atomic mass is 35.5. The van der Waals surface area contributed by atoms with Crippen LogP contribution in [0.2, 0.25) is 5.02 Å². The molecule has 2 aromatic carbocycles. The third-order valence-corrected chi connectivity index (χ3v) is 4.70. The molecule has 0 aliphatic carbocycles. The number of hydrogen-bond donors (Lipinski definition) is 1. The van der Waals surface area contributed by atoms with Crippen LogP contribution >= 0.6 is 22.9 Å². The smallest absolute Gasteiger partial charge is 0.308 e. The van der Waals surface area contributed by atoms with Gasteiger partial charge in [-0.2, -0.15) is 0 Å². The Kier molecular flexibility index (Phi) is 4.59. The summed E-state index contributed by atoms with van der Waals surface area (Å²) in [6.45, 7) is 0. The van der Waals surface area contributed by atoms with E-state index in [-0.39, 0.29) is 17.3 Å². The summed E-state index contributed by atoms with van der Waals surface area (Å²) in [5.41, 5.74) is 1.49. The summed E-state index contributed by atoms with van der Waals surface area (Å²) in [4.78, 5) is 16.0. The van der Waals surface area contributed by atoms with Crippen LogP contribution in [0.15, 0.2) is 42.5 Å². The van der Waals surface area contributed by atoms with Gasteiger partial charge in [-0.3, -0.25) is 4.79 Å². The quantitative estimate of drug-likeness (QED) is 0.705. The second kappa shape index (κ2) is 6.67. The molecular formula is C17H10ClF2NO2S. The number of aromatic nitrogens is 1. The minimum atomic E-state index is -1.01. The number of halogens is 3. The molecule has 0 unspecified atom stereocenters. The molecule has 1 aromatic heterocycles. The highest BCUT2D eigenvalue weighted by Crippen LogP contribution is 2.35. The zero-order valence-electron chi connectivity index (χ0n) is 12.1. The van der Waals surface area contributed by atoms with Crippen LogP contribution in [-0.4, -0.2) is 16.1 Å². The fourth-order valence-electron chi connectivity index (χ4n) is 2.19. The van der Waals surface area contributed by atoms with Gasteiger partial charge in [0.1, 0.15) is 16.6 Å². The van der Waals surface area contributed by atoms with Gasteiger partial charge in [-0.1, -0.05) is 17.7 Å². The van der Waals surface area contributed by atoms with E-state index in [0.29, 0.717) is 26.7 Å². The van der Waals surface area contributed by atoms with E-state index in [1.54, 1.807) is 18.2 Å². The van der Waals surface area contributed by atoms with Crippen molar-refractivity contribution in [2.45, 2.75) is 6.42 Å². The van der Waals surface area contributed by atoms with Crippen molar-refractivity contribution in [2.24, 2.45) is 0 Å². The average molecular weight is 366 g/mol. The van der Waals surface area contributed by atoms with E-state index in [1.165, 1.54) is 35.6 Å². The maximum atomic E-state index is 13.7. The zero-order chi connectivity index (χ0) is 17.3. The molecule has 0 amide bonds. The maximum absolute atomic E-state index is 13.7. The van der Waals surface area contributed by atoms with Gasteiger partial charge in [-0.05, 0) is 36.4 Å². The molecule has 0 aliphatic heterocycles. The van der Waals surface area contributed by atoms with Gasteiger partial charge in [0.05, 0.1) is 17.1 Å². The largest absolute Gasteiger partial charge is 0.481 e. The molecule has 122 valence electrons. The van der Waals surface area contributed by atoms with Crippen molar-refractivity contribution < 1.29 is 18.7 Å². The monoisotopic (exact) mass is 365 g/mol. The van der Waals surface area contributed by atoms with Crippen LogP contribution in [0.4, 0.5) is 8.78 Å². The van der Waals surface area contributed by atoms with Crippen molar-refractivity contribution >= 4 is 28.9 Å². The Balaban J connectivity index is 2.11. The summed E-state index contributed by atoms with van der Waals surface area (Å²) in [6, 6.07) is 9.92. The van der Waals surface area contributed by atoms with E-state index in [1.807, 2.05) is 0 Å². The van der Waals surface area contributed by atoms with Crippen molar-refractivity contribution in [1.82, 2.24) is 4.98 Å². The average Bonchev–Trinajstić information content (AvgIpc) is 2.94. The molecule has 0 spiro atoms. The van der Waals surface area contributed by atoms with Crippen LogP contribution in [-0.2, 0) is 11.2 Å². The minimum absolute atomic E-state index is 0.0208. The van der Waals surface area contributed by atoms with Crippen molar-refractivity contribution in [3.63, 3.8) is 0 Å². The minimum Gasteiger partial charge on any atom is -0.481 e. The number of thiazole rings is 1. The Morgan fingerprint density at radius 3 is 2.42 bits per heavy atom. The number of benzene rings is 2. The van der Waals surface area contributed by atoms with Gasteiger partial charge in [0.25, 0.3) is 0 Å². The first kappa shape index (κ1) is 16.5. The van der Waals surface area contributed by atoms with Crippen LogP contribution < -0.4 is 0 Å². The number of carbonyl (C=O) groups is 1. The highest BCUT2D eigenvalue weighted by molar-refractivity contribution is 7.15. The van der Waals surface area contributed by atoms with E-state index in [4.69, 9.17) is 16.7 Å². The summed E-state index contributed by atoms with van der Waals surface area (Å²) in [6.07, 6.45) is -0.238. The van der Waals surface area contributed by atoms with Gasteiger partial charge >= 0.3 is 5.97 Å². The summed E-state index contributed by atoms with van der Waals surface area (Å²) in [5.74, 6) is -1.99. The van der Waals surface area contributed by atoms with E-state index < -0.39 is 11.8 Å². The van der Waals surface area contributed by atoms with Crippen molar-refractivity contribution in [3.05, 3.63) is 64.0 Å². The number of rotatable bonds is 4. The SMILES string of the molecule is O=C(O)Cc1sc(-c2ccc(F)cc2)nc1-c1ccc(Cl)c(F)c1. The lowest BCUT2D eigenvalue weighted by Gasteiger charge is -2.02. The zero-order valence-corrected chi connectivity index (χ0v) is 13.7. The molecule has 3 nitrogen and oxygen atoms in total. The van der Waals surface area contributed by atoms with Gasteiger partial charge in [0.2, 0.25) is 0 Å². The third kappa shape index (κ3) is 3.44. The molecule has 0 aliphatic rings. The van der Waals surface area contributed by atoms with E-state index in [9.17, 15) is 13.6 Å². The fraction of sp³-hybridized carbons (Fsp3) is 0.0588. The lowest BCUT2D eigenvalue weighted by molar-refractivity contribution is -0.136. The van der Waals surface area contributed by atoms with Gasteiger partial charge in [-0.25, -0.2) is 13.8 Å². The molecule has 0 fully saturated rings. The molecule has 0 saturated heterocycles. The van der Waals surface area contributed by atoms with Crippen LogP contribution in [0.1, 0.15) is 4.88 Å². The molecule has 3 aromatic rings. The van der Waals surface area contributed by atoms with Crippen molar-refractivity contribution in [3.8, 4) is 21.8 Å². The molecule has 3 rings (SSSR count). The normalized spacial score (nSPS) is 10.8. The maximum Gasteiger partial charge on any atom is 0.308 e. The molecule has 0 bridgehead atoms. The molecular weight excluding hydrogens is 356 g/mol. The molecule has 0 radical (unpaired) electrons. The molecule has 7 heteroatoms. The first-order chi connectivity index (χ1) is 11.4. The van der Waals surface area contributed by atoms with Gasteiger partial charge in [-0.15, -0.1) is 11.3 Å². The number of hydrogen-bond acceptors (Lipinski definition) is 3. The molecule has 1 N–H and O–H groups in total. The van der Waals surface area contributed by atoms with Crippen molar-refractivity contribution in [1.29, 1.82) is 0 Å². The van der Waals surface area contributed by atoms with Gasteiger partial charge in [0, 0.05) is 16.0 Å². The van der Waals surface area contributed by atoms with Gasteiger partial charge < -0.3 is 5.11 Å². The van der Waals surface area contributed by atoms with E-state index in [2.05, 4.69) is 4.98 Å². The summed E-state index contributed by atoms with van der Waals surface area (Å²) < 4.78 is 26.8.